The minimum absolute atomic E-state index is 0.0104. The van der Waals surface area contributed by atoms with Gasteiger partial charge < -0.3 is 21.3 Å². The summed E-state index contributed by atoms with van der Waals surface area (Å²) in [4.78, 5) is 29.1. The van der Waals surface area contributed by atoms with Crippen LogP contribution in [0.4, 0.5) is 22.4 Å². The maximum atomic E-state index is 12.1. The summed E-state index contributed by atoms with van der Waals surface area (Å²) >= 11 is 0. The maximum Gasteiger partial charge on any atom is 0.317 e. The zero-order chi connectivity index (χ0) is 20.1. The number of nitrogens with two attached hydrogens (primary N) is 1. The molecule has 2 heterocycles. The van der Waals surface area contributed by atoms with Crippen molar-refractivity contribution in [2.24, 2.45) is 0 Å². The average Bonchev–Trinajstić information content (AvgIpc) is 2.63. The summed E-state index contributed by atoms with van der Waals surface area (Å²) in [5.41, 5.74) is 7.91. The zero-order valence-corrected chi connectivity index (χ0v) is 16.6. The Morgan fingerprint density at radius 3 is 2.54 bits per heavy atom. The van der Waals surface area contributed by atoms with E-state index in [0.29, 0.717) is 31.4 Å². The van der Waals surface area contributed by atoms with Crippen LogP contribution in [0, 0.1) is 6.92 Å². The molecular formula is C19H28N8O. The Labute approximate surface area is 165 Å². The fourth-order valence-corrected chi connectivity index (χ4v) is 3.05. The smallest absolute Gasteiger partial charge is 0.317 e. The van der Waals surface area contributed by atoms with Crippen LogP contribution >= 0.6 is 0 Å². The van der Waals surface area contributed by atoms with Gasteiger partial charge in [0.1, 0.15) is 5.82 Å². The monoisotopic (exact) mass is 384 g/mol. The number of carbonyl (C=O) groups excluding carboxylic acids is 1. The Kier molecular flexibility index (Phi) is 6.25. The van der Waals surface area contributed by atoms with Gasteiger partial charge in [-0.2, -0.15) is 15.0 Å². The number of carbonyl (C=O) groups is 1. The van der Waals surface area contributed by atoms with Crippen molar-refractivity contribution in [2.75, 3.05) is 37.2 Å². The summed E-state index contributed by atoms with van der Waals surface area (Å²) in [6.07, 6.45) is 0. The number of nitrogens with zero attached hydrogens (tertiary/aromatic N) is 5. The summed E-state index contributed by atoms with van der Waals surface area (Å²) in [5.74, 6) is 1.24. The molecule has 0 saturated carbocycles. The van der Waals surface area contributed by atoms with Crippen LogP contribution in [0.5, 0.6) is 0 Å². The molecule has 2 aromatic rings. The number of benzene rings is 1. The highest BCUT2D eigenvalue weighted by Crippen LogP contribution is 2.18. The lowest BCUT2D eigenvalue weighted by molar-refractivity contribution is 0.132. The molecule has 9 nitrogen and oxygen atoms in total. The van der Waals surface area contributed by atoms with Crippen LogP contribution in [0.25, 0.3) is 0 Å². The number of para-hydroxylation sites is 1. The molecule has 9 heteroatoms. The van der Waals surface area contributed by atoms with Crippen molar-refractivity contribution < 1.29 is 4.79 Å². The third-order valence-electron chi connectivity index (χ3n) is 4.53. The van der Waals surface area contributed by atoms with Crippen LogP contribution in [0.1, 0.15) is 25.2 Å². The summed E-state index contributed by atoms with van der Waals surface area (Å²) < 4.78 is 0. The highest BCUT2D eigenvalue weighted by Gasteiger charge is 2.22. The molecule has 1 saturated heterocycles. The van der Waals surface area contributed by atoms with Crippen molar-refractivity contribution >= 4 is 23.6 Å². The molecule has 28 heavy (non-hydrogen) atoms. The van der Waals surface area contributed by atoms with Gasteiger partial charge in [0.2, 0.25) is 11.9 Å². The van der Waals surface area contributed by atoms with Gasteiger partial charge in [0.25, 0.3) is 0 Å². The standard InChI is InChI=1S/C19H28N8O/c1-13(2)21-19(28)27-10-8-26(9-11-27)12-16-23-17(20)25-18(24-16)22-15-7-5-4-6-14(15)3/h4-7,13H,8-12H2,1-3H3,(H,21,28)(H3,20,22,23,24,25). The molecule has 0 radical (unpaired) electrons. The van der Waals surface area contributed by atoms with E-state index in [9.17, 15) is 4.79 Å². The molecule has 1 aliphatic rings. The first kappa shape index (κ1) is 19.8. The number of rotatable bonds is 5. The molecule has 1 aliphatic heterocycles. The van der Waals surface area contributed by atoms with E-state index in [1.807, 2.05) is 49.9 Å². The second-order valence-corrected chi connectivity index (χ2v) is 7.24. The number of aryl methyl sites for hydroxylation is 1. The Balaban J connectivity index is 1.60. The minimum atomic E-state index is -0.0104. The molecule has 0 unspecified atom stereocenters. The van der Waals surface area contributed by atoms with Gasteiger partial charge in [0.15, 0.2) is 0 Å². The van der Waals surface area contributed by atoms with Gasteiger partial charge in [-0.15, -0.1) is 0 Å². The van der Waals surface area contributed by atoms with Gasteiger partial charge in [-0.05, 0) is 32.4 Å². The Morgan fingerprint density at radius 2 is 1.86 bits per heavy atom. The van der Waals surface area contributed by atoms with Crippen LogP contribution in [-0.2, 0) is 6.54 Å². The predicted molar refractivity (Wildman–Crippen MR) is 109 cm³/mol. The van der Waals surface area contributed by atoms with Gasteiger partial charge in [0, 0.05) is 37.9 Å². The number of urea groups is 1. The Hall–Kier alpha value is -2.94. The Morgan fingerprint density at radius 1 is 1.14 bits per heavy atom. The van der Waals surface area contributed by atoms with Crippen LogP contribution in [0.2, 0.25) is 0 Å². The lowest BCUT2D eigenvalue weighted by Crippen LogP contribution is -2.52. The average molecular weight is 384 g/mol. The lowest BCUT2D eigenvalue weighted by atomic mass is 10.2. The quantitative estimate of drug-likeness (QED) is 0.720. The van der Waals surface area contributed by atoms with E-state index < -0.39 is 0 Å². The molecule has 150 valence electrons. The van der Waals surface area contributed by atoms with E-state index in [1.165, 1.54) is 0 Å². The largest absolute Gasteiger partial charge is 0.368 e. The zero-order valence-electron chi connectivity index (χ0n) is 16.6. The van der Waals surface area contributed by atoms with Crippen molar-refractivity contribution in [3.8, 4) is 0 Å². The summed E-state index contributed by atoms with van der Waals surface area (Å²) in [7, 11) is 0. The fraction of sp³-hybridized carbons (Fsp3) is 0.474. The highest BCUT2D eigenvalue weighted by atomic mass is 16.2. The first-order valence-corrected chi connectivity index (χ1v) is 9.51. The molecule has 3 rings (SSSR count). The molecule has 1 aromatic carbocycles. The SMILES string of the molecule is Cc1ccccc1Nc1nc(N)nc(CN2CCN(C(=O)NC(C)C)CC2)n1. The van der Waals surface area contributed by atoms with E-state index in [2.05, 4.69) is 30.5 Å². The van der Waals surface area contributed by atoms with E-state index in [1.54, 1.807) is 0 Å². The van der Waals surface area contributed by atoms with Crippen LogP contribution in [-0.4, -0.2) is 63.0 Å². The number of anilines is 3. The third-order valence-corrected chi connectivity index (χ3v) is 4.53. The fourth-order valence-electron chi connectivity index (χ4n) is 3.05. The molecule has 2 amide bonds. The summed E-state index contributed by atoms with van der Waals surface area (Å²) in [6.45, 7) is 9.37. The van der Waals surface area contributed by atoms with Gasteiger partial charge in [-0.3, -0.25) is 4.90 Å². The minimum Gasteiger partial charge on any atom is -0.368 e. The van der Waals surface area contributed by atoms with Crippen molar-refractivity contribution in [1.82, 2.24) is 30.1 Å². The molecular weight excluding hydrogens is 356 g/mol. The molecule has 1 aromatic heterocycles. The van der Waals surface area contributed by atoms with Crippen LogP contribution in [0.15, 0.2) is 24.3 Å². The predicted octanol–water partition coefficient (Wildman–Crippen LogP) is 1.74. The number of amides is 2. The van der Waals surface area contributed by atoms with Crippen LogP contribution < -0.4 is 16.4 Å². The number of nitrogens with one attached hydrogen (secondary N) is 2. The first-order chi connectivity index (χ1) is 13.4. The topological polar surface area (TPSA) is 112 Å². The molecule has 0 spiro atoms. The van der Waals surface area contributed by atoms with E-state index >= 15 is 0 Å². The molecule has 0 atom stereocenters. The maximum absolute atomic E-state index is 12.1. The van der Waals surface area contributed by atoms with Gasteiger partial charge >= 0.3 is 6.03 Å². The Bertz CT molecular complexity index is 817. The third kappa shape index (κ3) is 5.29. The highest BCUT2D eigenvalue weighted by molar-refractivity contribution is 5.74. The normalized spacial score (nSPS) is 14.9. The van der Waals surface area contributed by atoms with Crippen molar-refractivity contribution in [2.45, 2.75) is 33.4 Å². The van der Waals surface area contributed by atoms with Crippen molar-refractivity contribution in [1.29, 1.82) is 0 Å². The number of nitrogen functional groups attached to an aromatic ring is 1. The summed E-state index contributed by atoms with van der Waals surface area (Å²) in [6, 6.07) is 8.05. The van der Waals surface area contributed by atoms with Gasteiger partial charge in [0.05, 0.1) is 6.54 Å². The number of hydrogen-bond acceptors (Lipinski definition) is 7. The molecule has 0 aliphatic carbocycles. The second kappa shape index (κ2) is 8.83. The van der Waals surface area contributed by atoms with Crippen molar-refractivity contribution in [3.05, 3.63) is 35.7 Å². The van der Waals surface area contributed by atoms with Gasteiger partial charge in [-0.1, -0.05) is 18.2 Å². The molecule has 0 bridgehead atoms. The lowest BCUT2D eigenvalue weighted by Gasteiger charge is -2.34. The number of piperazine rings is 1. The van der Waals surface area contributed by atoms with Crippen molar-refractivity contribution in [3.63, 3.8) is 0 Å². The van der Waals surface area contributed by atoms with E-state index in [0.717, 1.165) is 24.3 Å². The van der Waals surface area contributed by atoms with E-state index in [-0.39, 0.29) is 18.0 Å². The molecule has 1 fully saturated rings. The number of hydrogen-bond donors (Lipinski definition) is 3. The first-order valence-electron chi connectivity index (χ1n) is 9.51. The summed E-state index contributed by atoms with van der Waals surface area (Å²) in [5, 5.41) is 6.14. The second-order valence-electron chi connectivity index (χ2n) is 7.24. The van der Waals surface area contributed by atoms with Gasteiger partial charge in [-0.25, -0.2) is 4.79 Å². The van der Waals surface area contributed by atoms with E-state index in [4.69, 9.17) is 5.73 Å². The molecule has 4 N–H and O–H groups in total. The van der Waals surface area contributed by atoms with Crippen LogP contribution in [0.3, 0.4) is 0 Å². The number of aromatic nitrogens is 3.